The predicted octanol–water partition coefficient (Wildman–Crippen LogP) is -1.02. The zero-order valence-electron chi connectivity index (χ0n) is 7.02. The summed E-state index contributed by atoms with van der Waals surface area (Å²) >= 11 is 0. The van der Waals surface area contributed by atoms with Crippen LogP contribution in [0.3, 0.4) is 0 Å². The highest BCUT2D eigenvalue weighted by Crippen LogP contribution is 2.18. The zero-order chi connectivity index (χ0) is 9.14. The van der Waals surface area contributed by atoms with E-state index in [1.54, 1.807) is 6.08 Å². The monoisotopic (exact) mass is 172 g/mol. The summed E-state index contributed by atoms with van der Waals surface area (Å²) in [7, 11) is 0. The van der Waals surface area contributed by atoms with Crippen molar-refractivity contribution in [1.29, 1.82) is 0 Å². The van der Waals surface area contributed by atoms with Crippen molar-refractivity contribution in [2.45, 2.75) is 30.8 Å². The van der Waals surface area contributed by atoms with Gasteiger partial charge in [-0.1, -0.05) is 6.08 Å². The fraction of sp³-hybridized carbons (Fsp3) is 0.750. The van der Waals surface area contributed by atoms with E-state index in [0.29, 0.717) is 13.0 Å². The molecule has 0 aromatic rings. The van der Waals surface area contributed by atoms with Crippen LogP contribution < -0.4 is 11.5 Å². The van der Waals surface area contributed by atoms with E-state index >= 15 is 0 Å². The van der Waals surface area contributed by atoms with E-state index in [9.17, 15) is 5.11 Å². The predicted molar refractivity (Wildman–Crippen MR) is 46.5 cm³/mol. The van der Waals surface area contributed by atoms with Crippen molar-refractivity contribution in [1.82, 2.24) is 0 Å². The van der Waals surface area contributed by atoms with Crippen LogP contribution in [0.2, 0.25) is 0 Å². The summed E-state index contributed by atoms with van der Waals surface area (Å²) in [5.41, 5.74) is 11.1. The summed E-state index contributed by atoms with van der Waals surface area (Å²) in [5.74, 6) is 0. The van der Waals surface area contributed by atoms with E-state index in [2.05, 4.69) is 6.58 Å². The van der Waals surface area contributed by atoms with Gasteiger partial charge in [-0.05, 0) is 0 Å². The first kappa shape index (κ1) is 9.67. The van der Waals surface area contributed by atoms with Crippen molar-refractivity contribution < 1.29 is 9.84 Å². The van der Waals surface area contributed by atoms with Gasteiger partial charge < -0.3 is 21.3 Å². The number of hydrogen-bond donors (Lipinski definition) is 3. The number of aliphatic hydroxyl groups excluding tert-OH is 1. The largest absolute Gasteiger partial charge is 0.391 e. The third-order valence-corrected chi connectivity index (χ3v) is 2.17. The smallest absolute Gasteiger partial charge is 0.0933 e. The first-order valence-corrected chi connectivity index (χ1v) is 4.10. The van der Waals surface area contributed by atoms with Gasteiger partial charge in [-0.3, -0.25) is 0 Å². The molecule has 0 aromatic carbocycles. The molecule has 0 bridgehead atoms. The fourth-order valence-corrected chi connectivity index (χ4v) is 1.38. The lowest BCUT2D eigenvalue weighted by molar-refractivity contribution is -0.0847. The SMILES string of the molecule is C=C[C@H]1O[C@@H](CN)C[C@H](O)[C@H]1N. The third kappa shape index (κ3) is 1.84. The van der Waals surface area contributed by atoms with Crippen LogP contribution in [0.4, 0.5) is 0 Å². The number of rotatable bonds is 2. The van der Waals surface area contributed by atoms with Crippen LogP contribution in [0.5, 0.6) is 0 Å². The minimum absolute atomic E-state index is 0.0946. The molecule has 1 fully saturated rings. The molecule has 4 nitrogen and oxygen atoms in total. The average Bonchev–Trinajstić information content (AvgIpc) is 2.09. The van der Waals surface area contributed by atoms with Gasteiger partial charge in [0.05, 0.1) is 24.4 Å². The Morgan fingerprint density at radius 1 is 1.67 bits per heavy atom. The molecule has 0 aliphatic carbocycles. The summed E-state index contributed by atoms with van der Waals surface area (Å²) < 4.78 is 5.44. The molecule has 0 radical (unpaired) electrons. The molecule has 0 unspecified atom stereocenters. The summed E-state index contributed by atoms with van der Waals surface area (Å²) in [6.45, 7) is 3.99. The van der Waals surface area contributed by atoms with Crippen LogP contribution in [0, 0.1) is 0 Å². The Balaban J connectivity index is 2.57. The van der Waals surface area contributed by atoms with Gasteiger partial charge in [-0.15, -0.1) is 6.58 Å². The Morgan fingerprint density at radius 3 is 2.83 bits per heavy atom. The highest BCUT2D eigenvalue weighted by atomic mass is 16.5. The average molecular weight is 172 g/mol. The van der Waals surface area contributed by atoms with Crippen LogP contribution in [0.25, 0.3) is 0 Å². The van der Waals surface area contributed by atoms with Gasteiger partial charge in [-0.25, -0.2) is 0 Å². The van der Waals surface area contributed by atoms with Crippen LogP contribution in [-0.2, 0) is 4.74 Å². The normalized spacial score (nSPS) is 42.6. The van der Waals surface area contributed by atoms with E-state index in [0.717, 1.165) is 0 Å². The third-order valence-electron chi connectivity index (χ3n) is 2.17. The Kier molecular flexibility index (Phi) is 3.22. The fourth-order valence-electron chi connectivity index (χ4n) is 1.38. The highest BCUT2D eigenvalue weighted by molar-refractivity contribution is 4.97. The van der Waals surface area contributed by atoms with Crippen molar-refractivity contribution >= 4 is 0 Å². The van der Waals surface area contributed by atoms with E-state index in [-0.39, 0.29) is 18.2 Å². The Hall–Kier alpha value is -0.420. The summed E-state index contributed by atoms with van der Waals surface area (Å²) in [6.07, 6.45) is 1.22. The Morgan fingerprint density at radius 2 is 2.33 bits per heavy atom. The second-order valence-electron chi connectivity index (χ2n) is 3.07. The number of ether oxygens (including phenoxy) is 1. The minimum atomic E-state index is -0.532. The van der Waals surface area contributed by atoms with Crippen molar-refractivity contribution in [3.8, 4) is 0 Å². The Bertz CT molecular complexity index is 163. The molecule has 4 heteroatoms. The first-order chi connectivity index (χ1) is 5.69. The number of hydrogen-bond acceptors (Lipinski definition) is 4. The summed E-state index contributed by atoms with van der Waals surface area (Å²) in [5, 5.41) is 9.47. The molecule has 1 rings (SSSR count). The molecule has 0 saturated carbocycles. The van der Waals surface area contributed by atoms with Crippen LogP contribution in [0.1, 0.15) is 6.42 Å². The topological polar surface area (TPSA) is 81.5 Å². The second kappa shape index (κ2) is 4.00. The molecular formula is C8H16N2O2. The molecule has 12 heavy (non-hydrogen) atoms. The lowest BCUT2D eigenvalue weighted by Gasteiger charge is -2.36. The molecule has 5 N–H and O–H groups in total. The van der Waals surface area contributed by atoms with E-state index in [1.807, 2.05) is 0 Å². The molecule has 0 spiro atoms. The minimum Gasteiger partial charge on any atom is -0.391 e. The van der Waals surface area contributed by atoms with Crippen LogP contribution >= 0.6 is 0 Å². The van der Waals surface area contributed by atoms with E-state index in [4.69, 9.17) is 16.2 Å². The van der Waals surface area contributed by atoms with Gasteiger partial charge >= 0.3 is 0 Å². The second-order valence-corrected chi connectivity index (χ2v) is 3.07. The van der Waals surface area contributed by atoms with Crippen molar-refractivity contribution in [3.05, 3.63) is 12.7 Å². The van der Waals surface area contributed by atoms with Gasteiger partial charge in [0.15, 0.2) is 0 Å². The first-order valence-electron chi connectivity index (χ1n) is 4.10. The molecule has 1 aliphatic rings. The van der Waals surface area contributed by atoms with Gasteiger partial charge in [0, 0.05) is 13.0 Å². The lowest BCUT2D eigenvalue weighted by atomic mass is 9.96. The Labute approximate surface area is 72.2 Å². The number of aliphatic hydroxyl groups is 1. The zero-order valence-corrected chi connectivity index (χ0v) is 7.02. The van der Waals surface area contributed by atoms with Crippen LogP contribution in [-0.4, -0.2) is 36.0 Å². The van der Waals surface area contributed by atoms with Crippen LogP contribution in [0.15, 0.2) is 12.7 Å². The van der Waals surface area contributed by atoms with Gasteiger partial charge in [0.1, 0.15) is 0 Å². The summed E-state index contributed by atoms with van der Waals surface area (Å²) in [6, 6.07) is -0.370. The quantitative estimate of drug-likeness (QED) is 0.465. The lowest BCUT2D eigenvalue weighted by Crippen LogP contribution is -2.53. The van der Waals surface area contributed by atoms with E-state index in [1.165, 1.54) is 0 Å². The highest BCUT2D eigenvalue weighted by Gasteiger charge is 2.32. The maximum absolute atomic E-state index is 9.47. The summed E-state index contributed by atoms with van der Waals surface area (Å²) in [4.78, 5) is 0. The molecule has 1 saturated heterocycles. The molecule has 0 aromatic heterocycles. The molecule has 1 aliphatic heterocycles. The van der Waals surface area contributed by atoms with Crippen molar-refractivity contribution in [3.63, 3.8) is 0 Å². The molecule has 4 atom stereocenters. The molecule has 70 valence electrons. The maximum Gasteiger partial charge on any atom is 0.0933 e. The number of nitrogens with two attached hydrogens (primary N) is 2. The standard InChI is InChI=1S/C8H16N2O2/c1-2-7-8(10)6(11)3-5(4-9)12-7/h2,5-8,11H,1,3-4,9-10H2/t5-,6+,7-,8-/m1/s1. The van der Waals surface area contributed by atoms with Crippen molar-refractivity contribution in [2.75, 3.05) is 6.54 Å². The van der Waals surface area contributed by atoms with Gasteiger partial charge in [0.2, 0.25) is 0 Å². The molecular weight excluding hydrogens is 156 g/mol. The van der Waals surface area contributed by atoms with Crippen molar-refractivity contribution in [2.24, 2.45) is 11.5 Å². The maximum atomic E-state index is 9.47. The molecule has 0 amide bonds. The molecule has 1 heterocycles. The van der Waals surface area contributed by atoms with E-state index < -0.39 is 6.10 Å². The van der Waals surface area contributed by atoms with Gasteiger partial charge in [0.25, 0.3) is 0 Å². The van der Waals surface area contributed by atoms with Gasteiger partial charge in [-0.2, -0.15) is 0 Å².